The van der Waals surface area contributed by atoms with Gasteiger partial charge in [-0.05, 0) is 51.7 Å². The van der Waals surface area contributed by atoms with Gasteiger partial charge in [0.15, 0.2) is 5.65 Å². The summed E-state index contributed by atoms with van der Waals surface area (Å²) in [6, 6.07) is 4.18. The summed E-state index contributed by atoms with van der Waals surface area (Å²) < 4.78 is 7.47. The third kappa shape index (κ3) is 2.23. The molecule has 0 aliphatic heterocycles. The highest BCUT2D eigenvalue weighted by Gasteiger charge is 2.20. The van der Waals surface area contributed by atoms with Crippen LogP contribution in [0.5, 0.6) is 0 Å². The van der Waals surface area contributed by atoms with Crippen LogP contribution in [0, 0.1) is 20.8 Å². The average molecular weight is 297 g/mol. The lowest BCUT2D eigenvalue weighted by Crippen LogP contribution is -2.05. The molecule has 0 aromatic carbocycles. The van der Waals surface area contributed by atoms with Crippen molar-refractivity contribution in [2.24, 2.45) is 0 Å². The standard InChI is InChI=1S/C18H23N3O/c1-6-14(7-2)16-10-11(3)20-21-17(12(4)19-18(16)21)15-8-9-22-13(15)5/h8-10,14H,6-7H2,1-5H3. The zero-order valence-electron chi connectivity index (χ0n) is 14.0. The summed E-state index contributed by atoms with van der Waals surface area (Å²) in [6.45, 7) is 10.5. The van der Waals surface area contributed by atoms with E-state index in [2.05, 4.69) is 19.9 Å². The number of rotatable bonds is 4. The third-order valence-electron chi connectivity index (χ3n) is 4.45. The van der Waals surface area contributed by atoms with Crippen molar-refractivity contribution < 1.29 is 4.42 Å². The fourth-order valence-corrected chi connectivity index (χ4v) is 3.25. The van der Waals surface area contributed by atoms with E-state index in [0.29, 0.717) is 5.92 Å². The molecule has 0 saturated carbocycles. The van der Waals surface area contributed by atoms with Crippen molar-refractivity contribution in [1.82, 2.24) is 14.6 Å². The molecule has 0 amide bonds. The lowest BCUT2D eigenvalue weighted by Gasteiger charge is -2.14. The molecule has 22 heavy (non-hydrogen) atoms. The summed E-state index contributed by atoms with van der Waals surface area (Å²) in [5.74, 6) is 1.42. The number of fused-ring (bicyclic) bond motifs is 1. The first kappa shape index (κ1) is 14.8. The predicted molar refractivity (Wildman–Crippen MR) is 88.2 cm³/mol. The van der Waals surface area contributed by atoms with Crippen LogP contribution < -0.4 is 0 Å². The van der Waals surface area contributed by atoms with Crippen molar-refractivity contribution >= 4 is 5.65 Å². The molecule has 3 aromatic heterocycles. The van der Waals surface area contributed by atoms with E-state index in [1.54, 1.807) is 6.26 Å². The predicted octanol–water partition coefficient (Wildman–Crippen LogP) is 4.82. The molecular formula is C18H23N3O. The Hall–Kier alpha value is -2.10. The van der Waals surface area contributed by atoms with Gasteiger partial charge in [-0.1, -0.05) is 13.8 Å². The Morgan fingerprint density at radius 2 is 1.91 bits per heavy atom. The van der Waals surface area contributed by atoms with Crippen LogP contribution in [0.15, 0.2) is 22.8 Å². The van der Waals surface area contributed by atoms with E-state index in [4.69, 9.17) is 14.5 Å². The largest absolute Gasteiger partial charge is 0.469 e. The number of aromatic nitrogens is 3. The van der Waals surface area contributed by atoms with E-state index in [0.717, 1.165) is 46.9 Å². The van der Waals surface area contributed by atoms with Crippen molar-refractivity contribution in [3.8, 4) is 11.3 Å². The van der Waals surface area contributed by atoms with Gasteiger partial charge in [-0.25, -0.2) is 9.50 Å². The van der Waals surface area contributed by atoms with Crippen molar-refractivity contribution in [3.63, 3.8) is 0 Å². The number of aryl methyl sites for hydroxylation is 3. The molecule has 0 fully saturated rings. The Morgan fingerprint density at radius 1 is 1.18 bits per heavy atom. The van der Waals surface area contributed by atoms with Gasteiger partial charge in [-0.3, -0.25) is 0 Å². The maximum absolute atomic E-state index is 5.47. The molecule has 3 aromatic rings. The van der Waals surface area contributed by atoms with Crippen LogP contribution in [0.3, 0.4) is 0 Å². The van der Waals surface area contributed by atoms with Gasteiger partial charge < -0.3 is 4.42 Å². The summed E-state index contributed by atoms with van der Waals surface area (Å²) >= 11 is 0. The second-order valence-electron chi connectivity index (χ2n) is 5.93. The second-order valence-corrected chi connectivity index (χ2v) is 5.93. The van der Waals surface area contributed by atoms with E-state index in [1.165, 1.54) is 5.56 Å². The lowest BCUT2D eigenvalue weighted by molar-refractivity contribution is 0.535. The smallest absolute Gasteiger partial charge is 0.157 e. The van der Waals surface area contributed by atoms with Crippen LogP contribution in [0.2, 0.25) is 0 Å². The summed E-state index contributed by atoms with van der Waals surface area (Å²) in [4.78, 5) is 4.83. The number of hydrogen-bond donors (Lipinski definition) is 0. The molecule has 3 heterocycles. The number of furan rings is 1. The van der Waals surface area contributed by atoms with E-state index in [9.17, 15) is 0 Å². The van der Waals surface area contributed by atoms with Gasteiger partial charge in [-0.15, -0.1) is 0 Å². The number of nitrogens with zero attached hydrogens (tertiary/aromatic N) is 3. The molecule has 0 aliphatic rings. The van der Waals surface area contributed by atoms with Gasteiger partial charge in [0.1, 0.15) is 5.76 Å². The molecule has 0 radical (unpaired) electrons. The molecular weight excluding hydrogens is 274 g/mol. The fourth-order valence-electron chi connectivity index (χ4n) is 3.25. The Balaban J connectivity index is 2.33. The molecule has 0 unspecified atom stereocenters. The van der Waals surface area contributed by atoms with Gasteiger partial charge in [0.25, 0.3) is 0 Å². The van der Waals surface area contributed by atoms with E-state index in [-0.39, 0.29) is 0 Å². The lowest BCUT2D eigenvalue weighted by atomic mass is 9.95. The van der Waals surface area contributed by atoms with Crippen molar-refractivity contribution in [2.45, 2.75) is 53.4 Å². The van der Waals surface area contributed by atoms with Crippen molar-refractivity contribution in [1.29, 1.82) is 0 Å². The topological polar surface area (TPSA) is 43.3 Å². The van der Waals surface area contributed by atoms with Crippen LogP contribution in [0.25, 0.3) is 16.9 Å². The minimum absolute atomic E-state index is 0.518. The van der Waals surface area contributed by atoms with E-state index < -0.39 is 0 Å². The van der Waals surface area contributed by atoms with Gasteiger partial charge >= 0.3 is 0 Å². The first-order chi connectivity index (χ1) is 10.6. The second kappa shape index (κ2) is 5.59. The molecule has 0 saturated heterocycles. The summed E-state index contributed by atoms with van der Waals surface area (Å²) in [7, 11) is 0. The highest BCUT2D eigenvalue weighted by molar-refractivity contribution is 5.69. The highest BCUT2D eigenvalue weighted by atomic mass is 16.3. The van der Waals surface area contributed by atoms with Crippen molar-refractivity contribution in [2.75, 3.05) is 0 Å². The molecule has 0 aliphatic carbocycles. The molecule has 0 bridgehead atoms. The monoisotopic (exact) mass is 297 g/mol. The third-order valence-corrected chi connectivity index (χ3v) is 4.45. The summed E-state index contributed by atoms with van der Waals surface area (Å²) in [5, 5.41) is 4.72. The normalized spacial score (nSPS) is 11.7. The Bertz CT molecular complexity index is 809. The van der Waals surface area contributed by atoms with E-state index >= 15 is 0 Å². The van der Waals surface area contributed by atoms with Gasteiger partial charge in [0.2, 0.25) is 0 Å². The first-order valence-electron chi connectivity index (χ1n) is 7.98. The molecule has 0 spiro atoms. The van der Waals surface area contributed by atoms with E-state index in [1.807, 2.05) is 31.4 Å². The first-order valence-corrected chi connectivity index (χ1v) is 7.98. The quantitative estimate of drug-likeness (QED) is 0.693. The average Bonchev–Trinajstić information content (AvgIpc) is 3.03. The Morgan fingerprint density at radius 3 is 2.50 bits per heavy atom. The molecule has 116 valence electrons. The van der Waals surface area contributed by atoms with Crippen molar-refractivity contribution in [3.05, 3.63) is 41.1 Å². The van der Waals surface area contributed by atoms with Gasteiger partial charge in [-0.2, -0.15) is 5.10 Å². The fraction of sp³-hybridized carbons (Fsp3) is 0.444. The van der Waals surface area contributed by atoms with Crippen LogP contribution in [-0.4, -0.2) is 14.6 Å². The zero-order chi connectivity index (χ0) is 15.9. The minimum Gasteiger partial charge on any atom is -0.469 e. The van der Waals surface area contributed by atoms with Crippen LogP contribution in [-0.2, 0) is 0 Å². The van der Waals surface area contributed by atoms with Crippen LogP contribution in [0.4, 0.5) is 0 Å². The SMILES string of the molecule is CCC(CC)c1cc(C)nn2c(-c3ccoc3C)c(C)nc12. The summed E-state index contributed by atoms with van der Waals surface area (Å²) in [6.07, 6.45) is 3.95. The van der Waals surface area contributed by atoms with Gasteiger partial charge in [0, 0.05) is 11.1 Å². The number of imidazole rings is 1. The molecule has 3 rings (SSSR count). The molecule has 0 atom stereocenters. The minimum atomic E-state index is 0.518. The maximum atomic E-state index is 5.47. The molecule has 4 nitrogen and oxygen atoms in total. The van der Waals surface area contributed by atoms with Crippen LogP contribution in [0.1, 0.15) is 55.3 Å². The van der Waals surface area contributed by atoms with Gasteiger partial charge in [0.05, 0.1) is 23.3 Å². The zero-order valence-corrected chi connectivity index (χ0v) is 14.0. The molecule has 4 heteroatoms. The highest BCUT2D eigenvalue weighted by Crippen LogP contribution is 2.32. The number of hydrogen-bond acceptors (Lipinski definition) is 3. The Kier molecular flexibility index (Phi) is 3.77. The molecule has 0 N–H and O–H groups in total. The van der Waals surface area contributed by atoms with Crippen LogP contribution >= 0.6 is 0 Å². The summed E-state index contributed by atoms with van der Waals surface area (Å²) in [5.41, 5.74) is 6.40. The maximum Gasteiger partial charge on any atom is 0.157 e. The Labute approximate surface area is 131 Å².